The predicted molar refractivity (Wildman–Crippen MR) is 106 cm³/mol. The first kappa shape index (κ1) is 17.6. The molecule has 0 unspecified atom stereocenters. The number of nitrogens with zero attached hydrogens (tertiary/aromatic N) is 3. The van der Waals surface area contributed by atoms with Gasteiger partial charge in [0.1, 0.15) is 16.5 Å². The van der Waals surface area contributed by atoms with Gasteiger partial charge in [0, 0.05) is 15.5 Å². The lowest BCUT2D eigenvalue weighted by Gasteiger charge is -2.09. The highest BCUT2D eigenvalue weighted by Crippen LogP contribution is 2.34. The Labute approximate surface area is 165 Å². The molecule has 0 saturated heterocycles. The maximum atomic E-state index is 14.2. The van der Waals surface area contributed by atoms with E-state index in [2.05, 4.69) is 15.2 Å². The summed E-state index contributed by atoms with van der Waals surface area (Å²) in [6.45, 7) is 0. The van der Waals surface area contributed by atoms with Gasteiger partial charge in [-0.1, -0.05) is 65.8 Å². The molecular formula is C21H13ClFN3S. The zero-order chi connectivity index (χ0) is 18.6. The molecule has 6 heteroatoms. The van der Waals surface area contributed by atoms with E-state index in [1.165, 1.54) is 17.8 Å². The number of hydrogen-bond donors (Lipinski definition) is 0. The number of aromatic nitrogens is 3. The molecule has 0 fully saturated rings. The molecule has 4 rings (SSSR count). The molecule has 0 spiro atoms. The summed E-state index contributed by atoms with van der Waals surface area (Å²) in [5.41, 5.74) is 1.87. The van der Waals surface area contributed by atoms with Crippen LogP contribution in [0.15, 0.2) is 88.8 Å². The largest absolute Gasteiger partial charge is 0.217 e. The zero-order valence-corrected chi connectivity index (χ0v) is 15.6. The predicted octanol–water partition coefficient (Wildman–Crippen LogP) is 6.15. The van der Waals surface area contributed by atoms with E-state index < -0.39 is 0 Å². The van der Waals surface area contributed by atoms with Gasteiger partial charge in [-0.25, -0.2) is 9.37 Å². The molecule has 0 amide bonds. The molecule has 0 saturated carbocycles. The Balaban J connectivity index is 1.82. The van der Waals surface area contributed by atoms with Gasteiger partial charge in [0.15, 0.2) is 5.82 Å². The van der Waals surface area contributed by atoms with Crippen molar-refractivity contribution in [3.05, 3.63) is 89.7 Å². The van der Waals surface area contributed by atoms with Gasteiger partial charge in [0.2, 0.25) is 0 Å². The monoisotopic (exact) mass is 393 g/mol. The van der Waals surface area contributed by atoms with Gasteiger partial charge < -0.3 is 0 Å². The minimum atomic E-state index is -0.380. The van der Waals surface area contributed by atoms with Crippen molar-refractivity contribution in [1.29, 1.82) is 0 Å². The molecule has 1 aromatic heterocycles. The molecule has 0 bridgehead atoms. The second-order valence-corrected chi connectivity index (χ2v) is 7.19. The third kappa shape index (κ3) is 3.99. The summed E-state index contributed by atoms with van der Waals surface area (Å²) in [6, 6.07) is 23.5. The van der Waals surface area contributed by atoms with Gasteiger partial charge in [0.25, 0.3) is 0 Å². The molecule has 1 heterocycles. The van der Waals surface area contributed by atoms with Crippen molar-refractivity contribution in [3.8, 4) is 22.6 Å². The SMILES string of the molecule is Fc1ccccc1-c1nnc(-c2ccccc2)c(Sc2ccc(Cl)cc2)n1. The zero-order valence-electron chi connectivity index (χ0n) is 14.0. The summed E-state index contributed by atoms with van der Waals surface area (Å²) >= 11 is 7.41. The Kier molecular flexibility index (Phi) is 5.14. The van der Waals surface area contributed by atoms with Crippen molar-refractivity contribution in [2.45, 2.75) is 9.92 Å². The van der Waals surface area contributed by atoms with Crippen molar-refractivity contribution < 1.29 is 4.39 Å². The molecule has 3 aromatic carbocycles. The third-order valence-corrected chi connectivity index (χ3v) is 5.08. The van der Waals surface area contributed by atoms with Gasteiger partial charge in [-0.2, -0.15) is 0 Å². The second kappa shape index (κ2) is 7.86. The van der Waals surface area contributed by atoms with Crippen molar-refractivity contribution in [3.63, 3.8) is 0 Å². The van der Waals surface area contributed by atoms with Gasteiger partial charge >= 0.3 is 0 Å². The van der Waals surface area contributed by atoms with E-state index in [-0.39, 0.29) is 11.6 Å². The Hall–Kier alpha value is -2.76. The van der Waals surface area contributed by atoms with E-state index >= 15 is 0 Å². The van der Waals surface area contributed by atoms with Crippen LogP contribution in [0.4, 0.5) is 4.39 Å². The second-order valence-electron chi connectivity index (χ2n) is 5.69. The van der Waals surface area contributed by atoms with Crippen LogP contribution in [0.1, 0.15) is 0 Å². The highest BCUT2D eigenvalue weighted by molar-refractivity contribution is 7.99. The fourth-order valence-electron chi connectivity index (χ4n) is 2.53. The van der Waals surface area contributed by atoms with Gasteiger partial charge in [0.05, 0.1) is 5.56 Å². The van der Waals surface area contributed by atoms with Crippen LogP contribution in [0, 0.1) is 5.82 Å². The normalized spacial score (nSPS) is 10.7. The lowest BCUT2D eigenvalue weighted by atomic mass is 10.1. The summed E-state index contributed by atoms with van der Waals surface area (Å²) in [6.07, 6.45) is 0. The molecule has 0 aliphatic rings. The Bertz CT molecular complexity index is 1070. The maximum absolute atomic E-state index is 14.2. The lowest BCUT2D eigenvalue weighted by Crippen LogP contribution is -2.00. The Morgan fingerprint density at radius 2 is 1.48 bits per heavy atom. The number of halogens is 2. The molecule has 0 aliphatic heterocycles. The highest BCUT2D eigenvalue weighted by atomic mass is 35.5. The van der Waals surface area contributed by atoms with Gasteiger partial charge in [-0.05, 0) is 36.4 Å². The smallest absolute Gasteiger partial charge is 0.185 e. The van der Waals surface area contributed by atoms with Crippen LogP contribution in [0.5, 0.6) is 0 Å². The van der Waals surface area contributed by atoms with Crippen LogP contribution in [0.3, 0.4) is 0 Å². The van der Waals surface area contributed by atoms with E-state index in [0.29, 0.717) is 21.3 Å². The minimum Gasteiger partial charge on any atom is -0.217 e. The van der Waals surface area contributed by atoms with E-state index in [0.717, 1.165) is 10.5 Å². The van der Waals surface area contributed by atoms with Crippen LogP contribution in [0.25, 0.3) is 22.6 Å². The number of rotatable bonds is 4. The van der Waals surface area contributed by atoms with Crippen LogP contribution >= 0.6 is 23.4 Å². The topological polar surface area (TPSA) is 38.7 Å². The van der Waals surface area contributed by atoms with Crippen LogP contribution in [-0.2, 0) is 0 Å². The Morgan fingerprint density at radius 1 is 0.778 bits per heavy atom. The van der Waals surface area contributed by atoms with Gasteiger partial charge in [-0.3, -0.25) is 0 Å². The van der Waals surface area contributed by atoms with E-state index in [1.807, 2.05) is 54.6 Å². The van der Waals surface area contributed by atoms with Gasteiger partial charge in [-0.15, -0.1) is 10.2 Å². The van der Waals surface area contributed by atoms with Crippen LogP contribution in [0.2, 0.25) is 5.02 Å². The van der Waals surface area contributed by atoms with Crippen molar-refractivity contribution in [1.82, 2.24) is 15.2 Å². The van der Waals surface area contributed by atoms with E-state index in [4.69, 9.17) is 11.6 Å². The lowest BCUT2D eigenvalue weighted by molar-refractivity contribution is 0.629. The first-order chi connectivity index (χ1) is 13.2. The van der Waals surface area contributed by atoms with Crippen LogP contribution < -0.4 is 0 Å². The number of benzene rings is 3. The molecule has 132 valence electrons. The molecule has 0 aliphatic carbocycles. The highest BCUT2D eigenvalue weighted by Gasteiger charge is 2.15. The average molecular weight is 394 g/mol. The third-order valence-electron chi connectivity index (χ3n) is 3.84. The summed E-state index contributed by atoms with van der Waals surface area (Å²) in [5.74, 6) is -0.126. The maximum Gasteiger partial charge on any atom is 0.185 e. The van der Waals surface area contributed by atoms with Crippen molar-refractivity contribution in [2.75, 3.05) is 0 Å². The molecule has 4 aromatic rings. The molecule has 3 nitrogen and oxygen atoms in total. The first-order valence-corrected chi connectivity index (χ1v) is 9.38. The molecule has 0 radical (unpaired) electrons. The summed E-state index contributed by atoms with van der Waals surface area (Å²) in [5, 5.41) is 9.83. The number of hydrogen-bond acceptors (Lipinski definition) is 4. The summed E-state index contributed by atoms with van der Waals surface area (Å²) in [4.78, 5) is 5.57. The first-order valence-electron chi connectivity index (χ1n) is 8.19. The summed E-state index contributed by atoms with van der Waals surface area (Å²) < 4.78 is 14.2. The molecule has 0 atom stereocenters. The molecule has 27 heavy (non-hydrogen) atoms. The van der Waals surface area contributed by atoms with E-state index in [9.17, 15) is 4.39 Å². The molecule has 0 N–H and O–H groups in total. The standard InChI is InChI=1S/C21H13ClFN3S/c22-15-10-12-16(13-11-15)27-21-19(14-6-2-1-3-7-14)25-26-20(24-21)17-8-4-5-9-18(17)23/h1-13H. The van der Waals surface area contributed by atoms with Crippen molar-refractivity contribution in [2.24, 2.45) is 0 Å². The summed E-state index contributed by atoms with van der Waals surface area (Å²) in [7, 11) is 0. The molecular weight excluding hydrogens is 381 g/mol. The average Bonchev–Trinajstić information content (AvgIpc) is 2.71. The fourth-order valence-corrected chi connectivity index (χ4v) is 3.54. The minimum absolute atomic E-state index is 0.254. The van der Waals surface area contributed by atoms with Crippen LogP contribution in [-0.4, -0.2) is 15.2 Å². The van der Waals surface area contributed by atoms with E-state index in [1.54, 1.807) is 18.2 Å². The fraction of sp³-hybridized carbons (Fsp3) is 0. The Morgan fingerprint density at radius 3 is 2.22 bits per heavy atom. The van der Waals surface area contributed by atoms with Crippen molar-refractivity contribution >= 4 is 23.4 Å². The quantitative estimate of drug-likeness (QED) is 0.417.